The Bertz CT molecular complexity index is 1390. The molecule has 3 aromatic carbocycles. The number of allylic oxidation sites excluding steroid dienone is 2. The summed E-state index contributed by atoms with van der Waals surface area (Å²) in [6.45, 7) is 0. The number of nitrogens with zero attached hydrogens (tertiary/aromatic N) is 1. The molecule has 5 rings (SSSR count). The Labute approximate surface area is 224 Å². The van der Waals surface area contributed by atoms with Gasteiger partial charge in [-0.15, -0.1) is 23.5 Å². The lowest BCUT2D eigenvalue weighted by Crippen LogP contribution is -2.49. The molecule has 1 heterocycles. The number of ether oxygens (including phenoxy) is 2. The molecule has 6 nitrogen and oxygen atoms in total. The standard InChI is InChI=1S/C29H26N2O4S2/c1-34-25-15-14-19(16-26(25)35-2)24(32)18-36-21-9-7-8-20(17-21)30-29(33)31-22-10-3-5-12-27(22)37-28-13-6-4-11-23(28)31/h3-17,22,27H,18H2,1-2H3,(H,30,33). The van der Waals surface area contributed by atoms with Crippen LogP contribution in [-0.2, 0) is 0 Å². The smallest absolute Gasteiger partial charge is 0.326 e. The van der Waals surface area contributed by atoms with E-state index in [-0.39, 0.29) is 28.9 Å². The van der Waals surface area contributed by atoms with Crippen LogP contribution in [0.15, 0.2) is 101 Å². The molecule has 2 aliphatic rings. The van der Waals surface area contributed by atoms with Gasteiger partial charge in [-0.1, -0.05) is 42.5 Å². The topological polar surface area (TPSA) is 67.9 Å². The van der Waals surface area contributed by atoms with Crippen LogP contribution in [0.5, 0.6) is 11.5 Å². The number of para-hydroxylation sites is 1. The van der Waals surface area contributed by atoms with Crippen molar-refractivity contribution in [3.05, 3.63) is 96.6 Å². The summed E-state index contributed by atoms with van der Waals surface area (Å²) in [5, 5.41) is 3.23. The number of carbonyl (C=O) groups is 2. The highest BCUT2D eigenvalue weighted by molar-refractivity contribution is 8.00. The van der Waals surface area contributed by atoms with Gasteiger partial charge in [-0.2, -0.15) is 0 Å². The van der Waals surface area contributed by atoms with Crippen LogP contribution in [0.25, 0.3) is 0 Å². The van der Waals surface area contributed by atoms with E-state index < -0.39 is 0 Å². The van der Waals surface area contributed by atoms with Gasteiger partial charge >= 0.3 is 6.03 Å². The van der Waals surface area contributed by atoms with Gasteiger partial charge in [0, 0.05) is 21.0 Å². The maximum absolute atomic E-state index is 13.5. The van der Waals surface area contributed by atoms with Gasteiger partial charge in [0.15, 0.2) is 17.3 Å². The fraction of sp³-hybridized carbons (Fsp3) is 0.172. The lowest BCUT2D eigenvalue weighted by atomic mass is 10.1. The van der Waals surface area contributed by atoms with E-state index in [0.717, 1.165) is 15.5 Å². The van der Waals surface area contributed by atoms with E-state index in [9.17, 15) is 9.59 Å². The van der Waals surface area contributed by atoms with E-state index in [4.69, 9.17) is 9.47 Å². The van der Waals surface area contributed by atoms with Crippen molar-refractivity contribution in [3.8, 4) is 11.5 Å². The monoisotopic (exact) mass is 530 g/mol. The average molecular weight is 531 g/mol. The van der Waals surface area contributed by atoms with E-state index in [0.29, 0.717) is 22.7 Å². The summed E-state index contributed by atoms with van der Waals surface area (Å²) in [5.74, 6) is 1.33. The van der Waals surface area contributed by atoms with Crippen LogP contribution in [0.3, 0.4) is 0 Å². The van der Waals surface area contributed by atoms with Crippen molar-refractivity contribution in [3.63, 3.8) is 0 Å². The third-order valence-electron chi connectivity index (χ3n) is 6.12. The molecule has 2 atom stereocenters. The summed E-state index contributed by atoms with van der Waals surface area (Å²) in [7, 11) is 3.11. The number of ketones is 1. The number of anilines is 2. The first-order chi connectivity index (χ1) is 18.1. The van der Waals surface area contributed by atoms with Gasteiger partial charge in [0.1, 0.15) is 0 Å². The number of hydrogen-bond acceptors (Lipinski definition) is 6. The second-order valence-corrected chi connectivity index (χ2v) is 10.7. The maximum Gasteiger partial charge on any atom is 0.326 e. The number of nitrogens with one attached hydrogen (secondary N) is 1. The molecular formula is C29H26N2O4S2. The summed E-state index contributed by atoms with van der Waals surface area (Å²) in [6.07, 6.45) is 8.22. The molecule has 2 amide bonds. The van der Waals surface area contributed by atoms with Crippen molar-refractivity contribution in [2.45, 2.75) is 21.1 Å². The molecule has 0 spiro atoms. The fourth-order valence-electron chi connectivity index (χ4n) is 4.31. The molecule has 37 heavy (non-hydrogen) atoms. The number of carbonyl (C=O) groups excluding carboxylic acids is 2. The third kappa shape index (κ3) is 5.40. The number of urea groups is 1. The summed E-state index contributed by atoms with van der Waals surface area (Å²) in [4.78, 5) is 30.1. The Kier molecular flexibility index (Phi) is 7.58. The quantitative estimate of drug-likeness (QED) is 0.271. The van der Waals surface area contributed by atoms with Crippen molar-refractivity contribution in [2.75, 3.05) is 30.2 Å². The van der Waals surface area contributed by atoms with Crippen molar-refractivity contribution < 1.29 is 19.1 Å². The van der Waals surface area contributed by atoms with Gasteiger partial charge in [-0.05, 0) is 48.5 Å². The molecule has 0 bridgehead atoms. The molecule has 0 saturated carbocycles. The molecule has 0 radical (unpaired) electrons. The molecule has 8 heteroatoms. The van der Waals surface area contributed by atoms with Crippen molar-refractivity contribution in [2.24, 2.45) is 0 Å². The highest BCUT2D eigenvalue weighted by atomic mass is 32.2. The number of rotatable bonds is 7. The van der Waals surface area contributed by atoms with E-state index in [2.05, 4.69) is 23.5 Å². The van der Waals surface area contributed by atoms with E-state index in [1.165, 1.54) is 11.8 Å². The minimum Gasteiger partial charge on any atom is -0.493 e. The number of thioether (sulfide) groups is 2. The predicted octanol–water partition coefficient (Wildman–Crippen LogP) is 6.69. The highest BCUT2D eigenvalue weighted by Gasteiger charge is 2.36. The van der Waals surface area contributed by atoms with Gasteiger partial charge < -0.3 is 14.8 Å². The molecule has 2 unspecified atom stereocenters. The summed E-state index contributed by atoms with van der Waals surface area (Å²) in [6, 6.07) is 20.4. The van der Waals surface area contributed by atoms with Crippen LogP contribution in [0.2, 0.25) is 0 Å². The second kappa shape index (κ2) is 11.2. The Morgan fingerprint density at radius 1 is 0.946 bits per heavy atom. The molecule has 1 aliphatic carbocycles. The summed E-state index contributed by atoms with van der Waals surface area (Å²) in [5.41, 5.74) is 2.13. The number of fused-ring (bicyclic) bond motifs is 2. The van der Waals surface area contributed by atoms with Gasteiger partial charge in [0.25, 0.3) is 0 Å². The summed E-state index contributed by atoms with van der Waals surface area (Å²) < 4.78 is 10.6. The van der Waals surface area contributed by atoms with Crippen LogP contribution >= 0.6 is 23.5 Å². The van der Waals surface area contributed by atoms with Crippen LogP contribution < -0.4 is 19.7 Å². The van der Waals surface area contributed by atoms with Gasteiger partial charge in [0.2, 0.25) is 0 Å². The number of hydrogen-bond donors (Lipinski definition) is 1. The average Bonchev–Trinajstić information content (AvgIpc) is 2.94. The Hall–Kier alpha value is -3.62. The van der Waals surface area contributed by atoms with Crippen LogP contribution in [0.1, 0.15) is 10.4 Å². The predicted molar refractivity (Wildman–Crippen MR) is 151 cm³/mol. The maximum atomic E-state index is 13.5. The Morgan fingerprint density at radius 2 is 1.76 bits per heavy atom. The van der Waals surface area contributed by atoms with E-state index >= 15 is 0 Å². The molecular weight excluding hydrogens is 504 g/mol. The number of Topliss-reactive ketones (excluding diaryl/α,β-unsaturated/α-hetero) is 1. The van der Waals surface area contributed by atoms with Gasteiger partial charge in [0.05, 0.1) is 37.0 Å². The van der Waals surface area contributed by atoms with Crippen LogP contribution in [0, 0.1) is 0 Å². The zero-order valence-corrected chi connectivity index (χ0v) is 22.1. The number of methoxy groups -OCH3 is 2. The Balaban J connectivity index is 1.28. The molecule has 1 N–H and O–H groups in total. The van der Waals surface area contributed by atoms with Gasteiger partial charge in [-0.25, -0.2) is 4.79 Å². The Morgan fingerprint density at radius 3 is 2.59 bits per heavy atom. The zero-order chi connectivity index (χ0) is 25.8. The lowest BCUT2D eigenvalue weighted by Gasteiger charge is -2.40. The van der Waals surface area contributed by atoms with Crippen LogP contribution in [-0.4, -0.2) is 43.1 Å². The van der Waals surface area contributed by atoms with E-state index in [1.807, 2.05) is 59.5 Å². The van der Waals surface area contributed by atoms with Gasteiger partial charge in [-0.3, -0.25) is 9.69 Å². The molecule has 188 valence electrons. The minimum atomic E-state index is -0.189. The molecule has 0 saturated heterocycles. The van der Waals surface area contributed by atoms with Crippen LogP contribution in [0.4, 0.5) is 16.2 Å². The number of benzene rings is 3. The van der Waals surface area contributed by atoms with E-state index in [1.54, 1.807) is 44.2 Å². The molecule has 0 fully saturated rings. The first-order valence-corrected chi connectivity index (χ1v) is 13.6. The molecule has 1 aliphatic heterocycles. The first-order valence-electron chi connectivity index (χ1n) is 11.8. The molecule has 0 aromatic heterocycles. The second-order valence-electron chi connectivity index (χ2n) is 8.42. The van der Waals surface area contributed by atoms with Crippen molar-refractivity contribution >= 4 is 46.7 Å². The SMILES string of the molecule is COc1ccc(C(=O)CSc2cccc(NC(=O)N3c4ccccc4SC4C=CC=CC43)c2)cc1OC. The number of amides is 2. The zero-order valence-electron chi connectivity index (χ0n) is 20.4. The molecule has 3 aromatic rings. The van der Waals surface area contributed by atoms with Crippen molar-refractivity contribution in [1.29, 1.82) is 0 Å². The highest BCUT2D eigenvalue weighted by Crippen LogP contribution is 2.43. The first kappa shape index (κ1) is 25.0. The normalized spacial score (nSPS) is 17.5. The fourth-order valence-corrected chi connectivity index (χ4v) is 6.42. The third-order valence-corrected chi connectivity index (χ3v) is 8.42. The lowest BCUT2D eigenvalue weighted by molar-refractivity contribution is 0.102. The largest absolute Gasteiger partial charge is 0.493 e. The minimum absolute atomic E-state index is 0.0222. The summed E-state index contributed by atoms with van der Waals surface area (Å²) >= 11 is 3.19. The van der Waals surface area contributed by atoms with Crippen molar-refractivity contribution in [1.82, 2.24) is 0 Å².